The average Bonchev–Trinajstić information content (AvgIpc) is 3.49. The van der Waals surface area contributed by atoms with Crippen LogP contribution >= 0.6 is 12.2 Å². The molecule has 232 valence electrons. The summed E-state index contributed by atoms with van der Waals surface area (Å²) in [6.45, 7) is 3.72. The zero-order valence-electron chi connectivity index (χ0n) is 25.6. The Balaban J connectivity index is 1.12. The number of nitrogens with two attached hydrogens (primary N) is 1. The molecule has 0 bridgehead atoms. The number of H-pyrrole nitrogens is 1. The highest BCUT2D eigenvalue weighted by atomic mass is 32.1. The molecule has 1 aliphatic rings. The molecule has 11 heteroatoms. The van der Waals surface area contributed by atoms with Crippen LogP contribution < -0.4 is 15.2 Å². The monoisotopic (exact) mass is 624 g/mol. The van der Waals surface area contributed by atoms with Crippen LogP contribution in [-0.4, -0.2) is 83.5 Å². The molecule has 45 heavy (non-hydrogen) atoms. The van der Waals surface area contributed by atoms with Crippen molar-refractivity contribution < 1.29 is 19.1 Å². The van der Waals surface area contributed by atoms with Crippen LogP contribution in [-0.2, 0) is 6.54 Å². The van der Waals surface area contributed by atoms with Crippen molar-refractivity contribution in [2.45, 2.75) is 19.4 Å². The molecule has 2 aromatic heterocycles. The molecule has 5 aromatic rings. The lowest BCUT2D eigenvalue weighted by Crippen LogP contribution is -2.47. The topological polar surface area (TPSA) is 119 Å². The lowest BCUT2D eigenvalue weighted by molar-refractivity contribution is 0.0664. The van der Waals surface area contributed by atoms with Crippen LogP contribution in [0.2, 0.25) is 0 Å². The van der Waals surface area contributed by atoms with Crippen LogP contribution in [0, 0.1) is 4.77 Å². The van der Waals surface area contributed by atoms with E-state index in [9.17, 15) is 9.59 Å². The summed E-state index contributed by atoms with van der Waals surface area (Å²) in [6, 6.07) is 19.2. The first-order chi connectivity index (χ1) is 21.7. The van der Waals surface area contributed by atoms with Crippen LogP contribution in [0.25, 0.3) is 32.9 Å². The van der Waals surface area contributed by atoms with Crippen molar-refractivity contribution in [2.75, 3.05) is 53.2 Å². The Morgan fingerprint density at radius 3 is 2.33 bits per heavy atom. The van der Waals surface area contributed by atoms with Gasteiger partial charge in [0.2, 0.25) is 4.77 Å². The minimum Gasteiger partial charge on any atom is -0.493 e. The van der Waals surface area contributed by atoms with Gasteiger partial charge in [0.25, 0.3) is 5.91 Å². The summed E-state index contributed by atoms with van der Waals surface area (Å²) < 4.78 is 12.9. The molecule has 1 aliphatic heterocycles. The Labute approximate surface area is 266 Å². The van der Waals surface area contributed by atoms with Gasteiger partial charge in [-0.15, -0.1) is 0 Å². The number of nitrogen functional groups attached to an aromatic ring is 1. The number of anilines is 1. The van der Waals surface area contributed by atoms with E-state index in [1.165, 1.54) is 0 Å². The van der Waals surface area contributed by atoms with E-state index in [-0.39, 0.29) is 11.7 Å². The van der Waals surface area contributed by atoms with Gasteiger partial charge in [0.15, 0.2) is 17.3 Å². The van der Waals surface area contributed by atoms with Crippen LogP contribution in [0.5, 0.6) is 11.5 Å². The van der Waals surface area contributed by atoms with Crippen LogP contribution in [0.4, 0.5) is 5.82 Å². The summed E-state index contributed by atoms with van der Waals surface area (Å²) >= 11 is 5.52. The molecular weight excluding hydrogens is 588 g/mol. The third kappa shape index (κ3) is 6.13. The van der Waals surface area contributed by atoms with E-state index in [0.29, 0.717) is 63.6 Å². The number of ketones is 1. The maximum absolute atomic E-state index is 13.2. The Hall–Kier alpha value is -4.74. The number of hydrogen-bond acceptors (Lipinski definition) is 8. The van der Waals surface area contributed by atoms with Gasteiger partial charge in [-0.2, -0.15) is 0 Å². The van der Waals surface area contributed by atoms with Crippen molar-refractivity contribution in [3.05, 3.63) is 76.7 Å². The van der Waals surface area contributed by atoms with Gasteiger partial charge in [0.1, 0.15) is 5.82 Å². The number of nitrogens with zero attached hydrogens (tertiary/aromatic N) is 4. The van der Waals surface area contributed by atoms with Crippen molar-refractivity contribution in [2.24, 2.45) is 0 Å². The number of piperazine rings is 1. The molecule has 0 radical (unpaired) electrons. The molecule has 10 nitrogen and oxygen atoms in total. The smallest absolute Gasteiger partial charge is 0.253 e. The number of fused-ring (bicyclic) bond motifs is 2. The molecule has 0 aliphatic carbocycles. The van der Waals surface area contributed by atoms with Crippen LogP contribution in [0.1, 0.15) is 33.7 Å². The number of nitrogens with one attached hydrogen (secondary N) is 1. The second kappa shape index (κ2) is 12.7. The fraction of sp³-hybridized carbons (Fsp3) is 0.294. The fourth-order valence-electron chi connectivity index (χ4n) is 5.78. The largest absolute Gasteiger partial charge is 0.493 e. The van der Waals surface area contributed by atoms with E-state index in [2.05, 4.69) is 21.9 Å². The third-order valence-electron chi connectivity index (χ3n) is 8.48. The molecule has 0 saturated carbocycles. The van der Waals surface area contributed by atoms with Gasteiger partial charge in [0.05, 0.1) is 25.4 Å². The van der Waals surface area contributed by atoms with Gasteiger partial charge in [-0.05, 0) is 67.1 Å². The number of benzene rings is 3. The molecular formula is C34H36N6O4S. The van der Waals surface area contributed by atoms with Crippen molar-refractivity contribution in [3.63, 3.8) is 0 Å². The number of aromatic nitrogens is 3. The first-order valence-electron chi connectivity index (χ1n) is 14.9. The minimum atomic E-state index is 0.00441. The van der Waals surface area contributed by atoms with E-state index in [4.69, 9.17) is 27.4 Å². The molecule has 3 N–H and O–H groups in total. The molecule has 1 saturated heterocycles. The molecule has 6 rings (SSSR count). The molecule has 1 amide bonds. The molecule has 0 spiro atoms. The van der Waals surface area contributed by atoms with E-state index < -0.39 is 0 Å². The Morgan fingerprint density at radius 1 is 0.933 bits per heavy atom. The normalized spacial score (nSPS) is 13.8. The third-order valence-corrected chi connectivity index (χ3v) is 8.79. The molecule has 0 atom stereocenters. The molecule has 3 heterocycles. The number of likely N-dealkylation sites (N-methyl/N-ethyl adjacent to an activating group) is 1. The van der Waals surface area contributed by atoms with Gasteiger partial charge < -0.3 is 34.6 Å². The van der Waals surface area contributed by atoms with Crippen LogP contribution in [0.3, 0.4) is 0 Å². The summed E-state index contributed by atoms with van der Waals surface area (Å²) in [5.74, 6) is 1.64. The Bertz CT molecular complexity index is 1960. The SMILES string of the molecule is COc1cc2nc(=S)n(CCCC(=O)c3cc4ccc(-c5ccc(C(=O)N6CCN(C)CC6)cc5)cc4[nH]3)c(N)c2cc1OC. The number of amides is 1. The highest BCUT2D eigenvalue weighted by Gasteiger charge is 2.20. The van der Waals surface area contributed by atoms with E-state index >= 15 is 0 Å². The van der Waals surface area contributed by atoms with Gasteiger partial charge in [-0.25, -0.2) is 4.98 Å². The molecule has 0 unspecified atom stereocenters. The Kier molecular flexibility index (Phi) is 8.55. The summed E-state index contributed by atoms with van der Waals surface area (Å²) in [5.41, 5.74) is 11.2. The quantitative estimate of drug-likeness (QED) is 0.162. The van der Waals surface area contributed by atoms with E-state index in [1.54, 1.807) is 30.9 Å². The highest BCUT2D eigenvalue weighted by molar-refractivity contribution is 7.71. The van der Waals surface area contributed by atoms with Crippen molar-refractivity contribution in [1.82, 2.24) is 24.3 Å². The molecule has 1 fully saturated rings. The lowest BCUT2D eigenvalue weighted by atomic mass is 10.0. The van der Waals surface area contributed by atoms with Gasteiger partial charge >= 0.3 is 0 Å². The summed E-state index contributed by atoms with van der Waals surface area (Å²) in [7, 11) is 5.20. The van der Waals surface area contributed by atoms with Crippen LogP contribution in [0.15, 0.2) is 60.7 Å². The number of carbonyl (C=O) groups is 2. The number of aromatic amines is 1. The standard InChI is InChI=1S/C34H36N6O4S/c1-38-13-15-39(16-14-38)33(42)22-8-6-21(7-9-22)23-10-11-24-18-28(36-26(24)17-23)29(41)5-4-12-40-32(35)25-19-30(43-2)31(44-3)20-27(25)37-34(40)45/h6-11,17-20,36H,4-5,12-16,35H2,1-3H3. The van der Waals surface area contributed by atoms with Crippen molar-refractivity contribution in [3.8, 4) is 22.6 Å². The number of Topliss-reactive ketones (excluding diaryl/α,β-unsaturated/α-hetero) is 1. The molecule has 3 aromatic carbocycles. The fourth-order valence-corrected chi connectivity index (χ4v) is 6.07. The maximum atomic E-state index is 13.2. The number of hydrogen-bond donors (Lipinski definition) is 2. The average molecular weight is 625 g/mol. The van der Waals surface area contributed by atoms with E-state index in [0.717, 1.165) is 48.2 Å². The summed E-state index contributed by atoms with van der Waals surface area (Å²) in [5, 5.41) is 1.66. The first-order valence-corrected chi connectivity index (χ1v) is 15.3. The number of methoxy groups -OCH3 is 2. The number of ether oxygens (including phenoxy) is 2. The van der Waals surface area contributed by atoms with Crippen molar-refractivity contribution >= 4 is 51.5 Å². The van der Waals surface area contributed by atoms with Gasteiger partial charge in [-0.1, -0.05) is 24.3 Å². The van der Waals surface area contributed by atoms with Gasteiger partial charge in [0, 0.05) is 67.1 Å². The summed E-state index contributed by atoms with van der Waals surface area (Å²) in [6.07, 6.45) is 0.852. The predicted molar refractivity (Wildman–Crippen MR) is 179 cm³/mol. The Morgan fingerprint density at radius 2 is 1.62 bits per heavy atom. The second-order valence-electron chi connectivity index (χ2n) is 11.3. The lowest BCUT2D eigenvalue weighted by Gasteiger charge is -2.32. The van der Waals surface area contributed by atoms with Crippen molar-refractivity contribution in [1.29, 1.82) is 0 Å². The van der Waals surface area contributed by atoms with Gasteiger partial charge in [-0.3, -0.25) is 9.59 Å². The number of carbonyl (C=O) groups excluding carboxylic acids is 2. The predicted octanol–water partition coefficient (Wildman–Crippen LogP) is 5.56. The zero-order chi connectivity index (χ0) is 31.7. The summed E-state index contributed by atoms with van der Waals surface area (Å²) in [4.78, 5) is 38.1. The maximum Gasteiger partial charge on any atom is 0.253 e. The zero-order valence-corrected chi connectivity index (χ0v) is 26.4. The first kappa shape index (κ1) is 30.3. The minimum absolute atomic E-state index is 0.00441. The number of rotatable bonds is 9. The second-order valence-corrected chi connectivity index (χ2v) is 11.7. The van der Waals surface area contributed by atoms with E-state index in [1.807, 2.05) is 53.4 Å². The highest BCUT2D eigenvalue weighted by Crippen LogP contribution is 2.34.